The first-order valence-corrected chi connectivity index (χ1v) is 16.1. The summed E-state index contributed by atoms with van der Waals surface area (Å²) >= 11 is 0. The normalized spacial score (nSPS) is 22.5. The van der Waals surface area contributed by atoms with Crippen LogP contribution in [0.4, 0.5) is 0 Å². The number of hydrogen-bond donors (Lipinski definition) is 2. The fraction of sp³-hybridized carbons (Fsp3) is 0.606. The van der Waals surface area contributed by atoms with Crippen molar-refractivity contribution >= 4 is 23.4 Å². The van der Waals surface area contributed by atoms with Gasteiger partial charge in [0.15, 0.2) is 0 Å². The van der Waals surface area contributed by atoms with Crippen LogP contribution in [0.5, 0.6) is 0 Å². The highest BCUT2D eigenvalue weighted by molar-refractivity contribution is 6.26. The van der Waals surface area contributed by atoms with Crippen molar-refractivity contribution in [2.75, 3.05) is 33.9 Å². The lowest BCUT2D eigenvalue weighted by Crippen LogP contribution is -3.00. The number of carbonyl (C=O) groups is 4. The van der Waals surface area contributed by atoms with Crippen molar-refractivity contribution in [1.82, 2.24) is 25.0 Å². The van der Waals surface area contributed by atoms with Gasteiger partial charge in [0.1, 0.15) is 19.1 Å². The maximum absolute atomic E-state index is 14.1. The van der Waals surface area contributed by atoms with Gasteiger partial charge in [-0.1, -0.05) is 43.5 Å². The Labute approximate surface area is 271 Å². The van der Waals surface area contributed by atoms with Gasteiger partial charge in [0.05, 0.1) is 19.7 Å². The molecule has 6 rings (SSSR count). The monoisotopic (exact) mass is 640 g/mol. The molecular formula is C33H45ClN6O5. The number of benzene rings is 1. The molecule has 2 aromatic rings. The molecule has 4 aliphatic rings. The number of nitrogens with zero attached hydrogens (tertiary/aromatic N) is 4. The number of ether oxygens (including phenoxy) is 1. The van der Waals surface area contributed by atoms with E-state index in [4.69, 9.17) is 4.74 Å². The van der Waals surface area contributed by atoms with Crippen molar-refractivity contribution in [2.24, 2.45) is 13.0 Å². The van der Waals surface area contributed by atoms with Crippen molar-refractivity contribution in [3.8, 4) is 0 Å². The lowest BCUT2D eigenvalue weighted by atomic mass is 9.83. The molecule has 2 N–H and O–H groups in total. The number of methoxy groups -OCH3 is 1. The Morgan fingerprint density at radius 3 is 2.36 bits per heavy atom. The second kappa shape index (κ2) is 13.7. The molecule has 2 aliphatic carbocycles. The van der Waals surface area contributed by atoms with E-state index in [1.54, 1.807) is 38.4 Å². The molecule has 1 saturated carbocycles. The molecule has 4 atom stereocenters. The summed E-state index contributed by atoms with van der Waals surface area (Å²) in [5.41, 5.74) is 1.72. The third kappa shape index (κ3) is 5.95. The van der Waals surface area contributed by atoms with Gasteiger partial charge in [-0.15, -0.1) is 0 Å². The summed E-state index contributed by atoms with van der Waals surface area (Å²) in [6, 6.07) is 6.38. The fourth-order valence-corrected chi connectivity index (χ4v) is 7.80. The average Bonchev–Trinajstić information content (AvgIpc) is 3.73. The largest absolute Gasteiger partial charge is 1.00 e. The minimum absolute atomic E-state index is 0. The average molecular weight is 641 g/mol. The van der Waals surface area contributed by atoms with E-state index in [9.17, 15) is 19.2 Å². The number of ketones is 2. The Balaban J connectivity index is 0.00000400. The number of halogens is 1. The van der Waals surface area contributed by atoms with Crippen LogP contribution in [0.3, 0.4) is 0 Å². The van der Waals surface area contributed by atoms with Crippen molar-refractivity contribution in [2.45, 2.75) is 82.7 Å². The maximum Gasteiger partial charge on any atom is 0.271 e. The quantitative estimate of drug-likeness (QED) is 0.251. The molecule has 2 bridgehead atoms. The molecule has 12 heteroatoms. The van der Waals surface area contributed by atoms with Crippen LogP contribution in [-0.4, -0.2) is 95.8 Å². The molecular weight excluding hydrogens is 596 g/mol. The molecule has 0 spiro atoms. The van der Waals surface area contributed by atoms with Crippen LogP contribution in [0.1, 0.15) is 83.4 Å². The van der Waals surface area contributed by atoms with E-state index in [-0.39, 0.29) is 59.8 Å². The predicted molar refractivity (Wildman–Crippen MR) is 162 cm³/mol. The molecule has 0 radical (unpaired) electrons. The van der Waals surface area contributed by atoms with E-state index in [1.165, 1.54) is 6.42 Å². The summed E-state index contributed by atoms with van der Waals surface area (Å²) in [4.78, 5) is 58.6. The number of amides is 2. The Morgan fingerprint density at radius 1 is 1.04 bits per heavy atom. The Hall–Kier alpha value is -3.12. The number of likely N-dealkylation sites (tertiary alicyclic amines) is 2. The van der Waals surface area contributed by atoms with E-state index < -0.39 is 6.04 Å². The minimum atomic E-state index is -0.499. The summed E-state index contributed by atoms with van der Waals surface area (Å²) in [5, 5.41) is 6.10. The van der Waals surface area contributed by atoms with Crippen molar-refractivity contribution < 1.29 is 40.9 Å². The number of aromatic nitrogens is 2. The smallest absolute Gasteiger partial charge is 0.271 e. The number of nitrogens with one attached hydrogen (secondary N) is 2. The number of hydrogen-bond acceptors (Lipinski definition) is 7. The first kappa shape index (κ1) is 33.2. The van der Waals surface area contributed by atoms with Gasteiger partial charge < -0.3 is 32.7 Å². The molecule has 3 heterocycles. The van der Waals surface area contributed by atoms with Crippen LogP contribution in [0.2, 0.25) is 0 Å². The third-order valence-corrected chi connectivity index (χ3v) is 10.4. The molecule has 2 unspecified atom stereocenters. The lowest BCUT2D eigenvalue weighted by Gasteiger charge is -2.38. The lowest BCUT2D eigenvalue weighted by molar-refractivity contribution is -0.681. The topological polar surface area (TPSA) is 117 Å². The highest BCUT2D eigenvalue weighted by atomic mass is 35.5. The number of fused-ring (bicyclic) bond motifs is 4. The number of rotatable bonds is 10. The molecule has 45 heavy (non-hydrogen) atoms. The first-order chi connectivity index (χ1) is 21.2. The van der Waals surface area contributed by atoms with E-state index in [0.717, 1.165) is 37.9 Å². The van der Waals surface area contributed by atoms with Crippen molar-refractivity contribution in [1.29, 1.82) is 0 Å². The molecule has 3 fully saturated rings. The molecule has 2 saturated heterocycles. The predicted octanol–water partition coefficient (Wildman–Crippen LogP) is -1.80. The Bertz CT molecular complexity index is 1470. The van der Waals surface area contributed by atoms with Gasteiger partial charge in [-0.05, 0) is 39.2 Å². The number of piperazine rings is 1. The summed E-state index contributed by atoms with van der Waals surface area (Å²) in [6.07, 6.45) is 6.14. The second-order valence-corrected chi connectivity index (χ2v) is 12.9. The summed E-state index contributed by atoms with van der Waals surface area (Å²) in [5.74, 6) is 0.657. The van der Waals surface area contributed by atoms with Crippen LogP contribution < -0.4 is 27.6 Å². The standard InChI is InChI=1S/C33H44N6O5.ClH/c1-20(34-2)32(42)35-27(21-10-6-5-7-11-21)33(43)39-18-22-16-23(39)17-37(22)19-26-36(3)28-29(38(26)14-15-44-4)31(41)25-13-9-8-12-24(25)30(28)40;/h8-9,12-13,20-23,27,34H,5-7,10-11,14-19H2,1-4H3;1H/t20-,22?,23?,27-;/m0./s1. The molecule has 2 amide bonds. The molecule has 2 aliphatic heterocycles. The SMILES string of the molecule is CN[C@@H](C)C(=O)N[C@H](C(=O)N1CC2CC1CN2Cc1n(CCOC)c2c([n+]1C)C(=O)c1ccccc1C2=O)C1CCCCC1.[Cl-]. The summed E-state index contributed by atoms with van der Waals surface area (Å²) < 4.78 is 9.24. The van der Waals surface area contributed by atoms with Crippen LogP contribution in [0.15, 0.2) is 24.3 Å². The van der Waals surface area contributed by atoms with Crippen molar-refractivity contribution in [3.05, 3.63) is 52.6 Å². The molecule has 244 valence electrons. The molecule has 1 aromatic carbocycles. The van der Waals surface area contributed by atoms with Gasteiger partial charge in [-0.3, -0.25) is 24.1 Å². The zero-order valence-electron chi connectivity index (χ0n) is 26.7. The Morgan fingerprint density at radius 2 is 1.73 bits per heavy atom. The van der Waals surface area contributed by atoms with Gasteiger partial charge in [0.25, 0.3) is 5.82 Å². The van der Waals surface area contributed by atoms with Crippen molar-refractivity contribution in [3.63, 3.8) is 0 Å². The van der Waals surface area contributed by atoms with E-state index >= 15 is 0 Å². The molecule has 1 aromatic heterocycles. The molecule has 11 nitrogen and oxygen atoms in total. The maximum atomic E-state index is 14.1. The highest BCUT2D eigenvalue weighted by Gasteiger charge is 2.50. The Kier molecular flexibility index (Phi) is 10.1. The van der Waals surface area contributed by atoms with E-state index in [2.05, 4.69) is 15.5 Å². The van der Waals surface area contributed by atoms with Gasteiger partial charge in [-0.25, -0.2) is 9.13 Å². The second-order valence-electron chi connectivity index (χ2n) is 12.9. The number of imidazole rings is 1. The van der Waals surface area contributed by atoms with E-state index in [1.807, 2.05) is 28.0 Å². The third-order valence-electron chi connectivity index (χ3n) is 10.4. The van der Waals surface area contributed by atoms with Gasteiger partial charge in [-0.2, -0.15) is 0 Å². The zero-order valence-corrected chi connectivity index (χ0v) is 27.4. The van der Waals surface area contributed by atoms with E-state index in [0.29, 0.717) is 55.3 Å². The van der Waals surface area contributed by atoms with Crippen LogP contribution in [-0.2, 0) is 34.5 Å². The van der Waals surface area contributed by atoms with Gasteiger partial charge in [0, 0.05) is 43.4 Å². The summed E-state index contributed by atoms with van der Waals surface area (Å²) in [7, 11) is 5.25. The zero-order chi connectivity index (χ0) is 31.1. The fourth-order valence-electron chi connectivity index (χ4n) is 7.80. The van der Waals surface area contributed by atoms with Gasteiger partial charge in [0.2, 0.25) is 34.8 Å². The van der Waals surface area contributed by atoms with Gasteiger partial charge >= 0.3 is 0 Å². The van der Waals surface area contributed by atoms with Crippen LogP contribution in [0, 0.1) is 5.92 Å². The first-order valence-electron chi connectivity index (χ1n) is 16.1. The highest BCUT2D eigenvalue weighted by Crippen LogP contribution is 2.35. The number of likely N-dealkylation sites (N-methyl/N-ethyl adjacent to an activating group) is 1. The summed E-state index contributed by atoms with van der Waals surface area (Å²) in [6.45, 7) is 4.54. The minimum Gasteiger partial charge on any atom is -1.00 e. The van der Waals surface area contributed by atoms with Crippen LogP contribution >= 0.6 is 0 Å². The number of carbonyl (C=O) groups excluding carboxylic acids is 4. The van der Waals surface area contributed by atoms with Crippen LogP contribution in [0.25, 0.3) is 0 Å².